The molecule has 0 saturated carbocycles. The van der Waals surface area contributed by atoms with Gasteiger partial charge in [-0.2, -0.15) is 0 Å². The van der Waals surface area contributed by atoms with Gasteiger partial charge in [-0.1, -0.05) is 19.1 Å². The van der Waals surface area contributed by atoms with E-state index in [0.717, 1.165) is 16.5 Å². The number of pyridine rings is 1. The summed E-state index contributed by atoms with van der Waals surface area (Å²) in [6.07, 6.45) is 3.54. The van der Waals surface area contributed by atoms with Crippen molar-refractivity contribution >= 4 is 26.3 Å². The fourth-order valence-corrected chi connectivity index (χ4v) is 3.14. The molecule has 0 fully saturated rings. The first-order valence-electron chi connectivity index (χ1n) is 6.31. The van der Waals surface area contributed by atoms with Crippen molar-refractivity contribution in [2.75, 3.05) is 16.8 Å². The van der Waals surface area contributed by atoms with Crippen molar-refractivity contribution in [2.24, 2.45) is 0 Å². The van der Waals surface area contributed by atoms with Gasteiger partial charge in [0, 0.05) is 40.6 Å². The number of aromatic nitrogens is 1. The molecular formula is C14H18N2O2S. The molecule has 0 bridgehead atoms. The average Bonchev–Trinajstić information content (AvgIpc) is 2.38. The summed E-state index contributed by atoms with van der Waals surface area (Å²) in [6, 6.07) is 7.69. The van der Waals surface area contributed by atoms with Crippen LogP contribution < -0.4 is 5.32 Å². The molecule has 1 aromatic heterocycles. The Bertz CT molecular complexity index is 663. The van der Waals surface area contributed by atoms with Crippen LogP contribution in [0.1, 0.15) is 13.8 Å². The zero-order chi connectivity index (χ0) is 13.9. The quantitative estimate of drug-likeness (QED) is 0.912. The lowest BCUT2D eigenvalue weighted by Gasteiger charge is -2.16. The monoisotopic (exact) mass is 278 g/mol. The predicted molar refractivity (Wildman–Crippen MR) is 79.2 cm³/mol. The maximum atomic E-state index is 11.6. The molecule has 4 nitrogen and oxygen atoms in total. The number of nitrogens with zero attached hydrogens (tertiary/aromatic N) is 1. The lowest BCUT2D eigenvalue weighted by molar-refractivity contribution is 0.593. The van der Waals surface area contributed by atoms with Gasteiger partial charge in [0.1, 0.15) is 0 Å². The van der Waals surface area contributed by atoms with E-state index in [1.807, 2.05) is 31.2 Å². The highest BCUT2D eigenvalue weighted by Gasteiger charge is 2.14. The largest absolute Gasteiger partial charge is 0.381 e. The molecule has 0 spiro atoms. The van der Waals surface area contributed by atoms with Crippen molar-refractivity contribution in [3.05, 3.63) is 36.7 Å². The minimum atomic E-state index is -2.97. The third-order valence-electron chi connectivity index (χ3n) is 3.03. The standard InChI is InChI=1S/C14H18N2O2S/c1-3-19(17,18)10-11(2)16-14-6-4-5-12-9-15-8-7-13(12)14/h4-9,11,16H,3,10H2,1-2H3. The van der Waals surface area contributed by atoms with Crippen molar-refractivity contribution in [2.45, 2.75) is 19.9 Å². The SMILES string of the molecule is CCS(=O)(=O)CC(C)Nc1cccc2cnccc12. The number of rotatable bonds is 5. The van der Waals surface area contributed by atoms with E-state index in [0.29, 0.717) is 0 Å². The van der Waals surface area contributed by atoms with E-state index in [1.54, 1.807) is 19.3 Å². The molecule has 1 aromatic carbocycles. The lowest BCUT2D eigenvalue weighted by atomic mass is 10.1. The first-order valence-corrected chi connectivity index (χ1v) is 8.13. The van der Waals surface area contributed by atoms with Crippen LogP contribution in [0.25, 0.3) is 10.8 Å². The average molecular weight is 278 g/mol. The lowest BCUT2D eigenvalue weighted by Crippen LogP contribution is -2.26. The van der Waals surface area contributed by atoms with E-state index in [-0.39, 0.29) is 17.5 Å². The minimum absolute atomic E-state index is 0.122. The predicted octanol–water partition coefficient (Wildman–Crippen LogP) is 2.47. The first-order chi connectivity index (χ1) is 9.02. The Morgan fingerprint density at radius 1 is 1.32 bits per heavy atom. The Labute approximate surface area is 113 Å². The summed E-state index contributed by atoms with van der Waals surface area (Å²) < 4.78 is 23.2. The summed E-state index contributed by atoms with van der Waals surface area (Å²) in [6.45, 7) is 3.55. The molecule has 0 aliphatic rings. The molecule has 1 heterocycles. The van der Waals surface area contributed by atoms with Crippen LogP contribution >= 0.6 is 0 Å². The minimum Gasteiger partial charge on any atom is -0.381 e. The summed E-state index contributed by atoms with van der Waals surface area (Å²) >= 11 is 0. The highest BCUT2D eigenvalue weighted by atomic mass is 32.2. The Balaban J connectivity index is 2.22. The van der Waals surface area contributed by atoms with Crippen molar-refractivity contribution in [1.29, 1.82) is 0 Å². The molecule has 2 aromatic rings. The van der Waals surface area contributed by atoms with E-state index in [4.69, 9.17) is 0 Å². The smallest absolute Gasteiger partial charge is 0.152 e. The molecule has 0 aliphatic heterocycles. The molecule has 19 heavy (non-hydrogen) atoms. The van der Waals surface area contributed by atoms with Crippen LogP contribution in [0.3, 0.4) is 0 Å². The molecule has 0 amide bonds. The first kappa shape index (κ1) is 13.8. The molecule has 5 heteroatoms. The number of benzene rings is 1. The van der Waals surface area contributed by atoms with Gasteiger partial charge in [0.2, 0.25) is 0 Å². The second kappa shape index (κ2) is 5.57. The van der Waals surface area contributed by atoms with Crippen molar-refractivity contribution in [3.8, 4) is 0 Å². The second-order valence-corrected chi connectivity index (χ2v) is 7.04. The molecule has 1 unspecified atom stereocenters. The Morgan fingerprint density at radius 3 is 2.84 bits per heavy atom. The molecule has 2 rings (SSSR count). The van der Waals surface area contributed by atoms with Crippen LogP contribution in [0.5, 0.6) is 0 Å². The highest BCUT2D eigenvalue weighted by molar-refractivity contribution is 7.91. The van der Waals surface area contributed by atoms with Gasteiger partial charge in [-0.3, -0.25) is 4.98 Å². The Hall–Kier alpha value is -1.62. The molecular weight excluding hydrogens is 260 g/mol. The van der Waals surface area contributed by atoms with Crippen molar-refractivity contribution in [1.82, 2.24) is 4.98 Å². The zero-order valence-corrected chi connectivity index (χ0v) is 11.9. The van der Waals surface area contributed by atoms with Gasteiger partial charge >= 0.3 is 0 Å². The number of anilines is 1. The molecule has 1 atom stereocenters. The van der Waals surface area contributed by atoms with Gasteiger partial charge in [-0.25, -0.2) is 8.42 Å². The van der Waals surface area contributed by atoms with Crippen LogP contribution in [-0.4, -0.2) is 30.9 Å². The highest BCUT2D eigenvalue weighted by Crippen LogP contribution is 2.22. The van der Waals surface area contributed by atoms with E-state index in [1.165, 1.54) is 0 Å². The molecule has 102 valence electrons. The Morgan fingerprint density at radius 2 is 2.11 bits per heavy atom. The number of fused-ring (bicyclic) bond motifs is 1. The second-order valence-electron chi connectivity index (χ2n) is 4.65. The van der Waals surface area contributed by atoms with Crippen molar-refractivity contribution < 1.29 is 8.42 Å². The molecule has 1 N–H and O–H groups in total. The van der Waals surface area contributed by atoms with Crippen LogP contribution in [0.4, 0.5) is 5.69 Å². The van der Waals surface area contributed by atoms with Gasteiger partial charge in [0.25, 0.3) is 0 Å². The maximum Gasteiger partial charge on any atom is 0.152 e. The van der Waals surface area contributed by atoms with Gasteiger partial charge in [-0.15, -0.1) is 0 Å². The normalized spacial score (nSPS) is 13.4. The molecule has 0 saturated heterocycles. The summed E-state index contributed by atoms with van der Waals surface area (Å²) in [5.41, 5.74) is 0.943. The topological polar surface area (TPSA) is 59.1 Å². The van der Waals surface area contributed by atoms with E-state index < -0.39 is 9.84 Å². The summed E-state index contributed by atoms with van der Waals surface area (Å²) in [4.78, 5) is 4.08. The van der Waals surface area contributed by atoms with Crippen LogP contribution in [0.15, 0.2) is 36.7 Å². The van der Waals surface area contributed by atoms with Gasteiger partial charge in [0.15, 0.2) is 9.84 Å². The van der Waals surface area contributed by atoms with E-state index in [9.17, 15) is 8.42 Å². The van der Waals surface area contributed by atoms with Crippen molar-refractivity contribution in [3.63, 3.8) is 0 Å². The maximum absolute atomic E-state index is 11.6. The van der Waals surface area contributed by atoms with Gasteiger partial charge in [0.05, 0.1) is 5.75 Å². The fourth-order valence-electron chi connectivity index (χ4n) is 2.05. The van der Waals surface area contributed by atoms with Crippen LogP contribution in [-0.2, 0) is 9.84 Å². The molecule has 0 radical (unpaired) electrons. The number of hydrogen-bond donors (Lipinski definition) is 1. The summed E-state index contributed by atoms with van der Waals surface area (Å²) in [7, 11) is -2.97. The third kappa shape index (κ3) is 3.44. The summed E-state index contributed by atoms with van der Waals surface area (Å²) in [5, 5.41) is 5.36. The van der Waals surface area contributed by atoms with Gasteiger partial charge < -0.3 is 5.32 Å². The van der Waals surface area contributed by atoms with Crippen LogP contribution in [0.2, 0.25) is 0 Å². The number of sulfone groups is 1. The number of nitrogens with one attached hydrogen (secondary N) is 1. The Kier molecular flexibility index (Phi) is 4.04. The molecule has 0 aliphatic carbocycles. The fraction of sp³-hybridized carbons (Fsp3) is 0.357. The van der Waals surface area contributed by atoms with Gasteiger partial charge in [-0.05, 0) is 19.1 Å². The van der Waals surface area contributed by atoms with E-state index >= 15 is 0 Å². The summed E-state index contributed by atoms with van der Waals surface area (Å²) in [5.74, 6) is 0.323. The number of hydrogen-bond acceptors (Lipinski definition) is 4. The van der Waals surface area contributed by atoms with E-state index in [2.05, 4.69) is 10.3 Å². The zero-order valence-electron chi connectivity index (χ0n) is 11.1. The third-order valence-corrected chi connectivity index (χ3v) is 4.91. The van der Waals surface area contributed by atoms with Crippen LogP contribution in [0, 0.1) is 0 Å².